The molecule has 1 fully saturated rings. The molecule has 0 radical (unpaired) electrons. The third-order valence-corrected chi connectivity index (χ3v) is 4.34. The van der Waals surface area contributed by atoms with Crippen LogP contribution in [-0.4, -0.2) is 42.0 Å². The molecule has 0 aliphatic carbocycles. The zero-order chi connectivity index (χ0) is 16.2. The fourth-order valence-electron chi connectivity index (χ4n) is 2.87. The Morgan fingerprint density at radius 2 is 1.39 bits per heavy atom. The Balaban J connectivity index is 2.03. The molecule has 0 amide bonds. The van der Waals surface area contributed by atoms with E-state index in [0.717, 1.165) is 34.9 Å². The second-order valence-corrected chi connectivity index (χ2v) is 6.14. The molecule has 0 spiro atoms. The summed E-state index contributed by atoms with van der Waals surface area (Å²) in [6.45, 7) is 2.02. The van der Waals surface area contributed by atoms with Crippen molar-refractivity contribution >= 4 is 28.5 Å². The minimum atomic E-state index is 0.748. The Hall–Kier alpha value is -2.33. The van der Waals surface area contributed by atoms with Gasteiger partial charge in [-0.1, -0.05) is 60.7 Å². The highest BCUT2D eigenvalue weighted by molar-refractivity contribution is 7.81. The lowest BCUT2D eigenvalue weighted by molar-refractivity contribution is 0.427. The lowest BCUT2D eigenvalue weighted by atomic mass is 10.0. The molecule has 3 nitrogen and oxygen atoms in total. The van der Waals surface area contributed by atoms with Crippen molar-refractivity contribution in [2.75, 3.05) is 32.5 Å². The van der Waals surface area contributed by atoms with Crippen LogP contribution in [0.1, 0.15) is 5.56 Å². The maximum absolute atomic E-state index is 5.76. The molecule has 1 aliphatic heterocycles. The quantitative estimate of drug-likeness (QED) is 0.686. The van der Waals surface area contributed by atoms with Gasteiger partial charge in [-0.25, -0.2) is 0 Å². The van der Waals surface area contributed by atoms with Crippen LogP contribution in [0.15, 0.2) is 66.5 Å². The monoisotopic (exact) mass is 323 g/mol. The molecule has 118 valence electrons. The summed E-state index contributed by atoms with van der Waals surface area (Å²) >= 11 is 5.76. The van der Waals surface area contributed by atoms with Crippen LogP contribution in [0, 0.1) is 0 Å². The number of hydrogen-bond acceptors (Lipinski definition) is 3. The fourth-order valence-corrected chi connectivity index (χ4v) is 3.19. The Bertz CT molecular complexity index is 698. The van der Waals surface area contributed by atoms with Gasteiger partial charge in [-0.2, -0.15) is 0 Å². The molecule has 1 aliphatic rings. The first kappa shape index (κ1) is 15.6. The van der Waals surface area contributed by atoms with Gasteiger partial charge in [0.15, 0.2) is 0 Å². The molecule has 4 heteroatoms. The summed E-state index contributed by atoms with van der Waals surface area (Å²) in [7, 11) is 4.24. The van der Waals surface area contributed by atoms with Crippen LogP contribution in [0.3, 0.4) is 0 Å². The van der Waals surface area contributed by atoms with Crippen LogP contribution >= 0.6 is 12.2 Å². The van der Waals surface area contributed by atoms with Gasteiger partial charge >= 0.3 is 0 Å². The molecular formula is C19H21N3S. The molecule has 2 aromatic carbocycles. The van der Waals surface area contributed by atoms with Crippen LogP contribution in [0.2, 0.25) is 0 Å². The van der Waals surface area contributed by atoms with E-state index < -0.39 is 0 Å². The lowest BCUT2D eigenvalue weighted by Gasteiger charge is -2.24. The number of nitrogens with one attached hydrogen (secondary N) is 1. The van der Waals surface area contributed by atoms with Gasteiger partial charge in [-0.3, -0.25) is 0 Å². The Kier molecular flexibility index (Phi) is 4.63. The summed E-state index contributed by atoms with van der Waals surface area (Å²) in [5, 5.41) is 3.38. The molecule has 0 bridgehead atoms. The van der Waals surface area contributed by atoms with Crippen LogP contribution in [0.25, 0.3) is 5.57 Å². The molecule has 1 N–H and O–H groups in total. The number of thiocarbonyl (C=S) groups is 1. The molecule has 0 aromatic heterocycles. The molecule has 23 heavy (non-hydrogen) atoms. The lowest BCUT2D eigenvalue weighted by Crippen LogP contribution is -2.23. The molecule has 1 heterocycles. The summed E-state index contributed by atoms with van der Waals surface area (Å²) in [6.07, 6.45) is 0. The van der Waals surface area contributed by atoms with Crippen LogP contribution in [0.5, 0.6) is 0 Å². The minimum absolute atomic E-state index is 0.748. The third-order valence-electron chi connectivity index (χ3n) is 4.04. The SMILES string of the molecule is CN1CCN(C)C1=C(C(=S)Nc1ccccc1)c1ccccc1. The van der Waals surface area contributed by atoms with Crippen LogP contribution in [0.4, 0.5) is 5.69 Å². The highest BCUT2D eigenvalue weighted by Crippen LogP contribution is 2.28. The molecule has 1 saturated heterocycles. The van der Waals surface area contributed by atoms with E-state index in [-0.39, 0.29) is 0 Å². The second-order valence-electron chi connectivity index (χ2n) is 5.73. The van der Waals surface area contributed by atoms with Crippen molar-refractivity contribution in [3.05, 3.63) is 72.0 Å². The van der Waals surface area contributed by atoms with E-state index in [4.69, 9.17) is 12.2 Å². The van der Waals surface area contributed by atoms with E-state index in [0.29, 0.717) is 0 Å². The van der Waals surface area contributed by atoms with Crippen molar-refractivity contribution in [2.45, 2.75) is 0 Å². The predicted octanol–water partition coefficient (Wildman–Crippen LogP) is 3.67. The predicted molar refractivity (Wildman–Crippen MR) is 101 cm³/mol. The van der Waals surface area contributed by atoms with E-state index >= 15 is 0 Å². The van der Waals surface area contributed by atoms with Gasteiger partial charge in [0.2, 0.25) is 0 Å². The van der Waals surface area contributed by atoms with E-state index in [9.17, 15) is 0 Å². The molecule has 0 atom stereocenters. The normalized spacial score (nSPS) is 14.1. The highest BCUT2D eigenvalue weighted by atomic mass is 32.1. The van der Waals surface area contributed by atoms with E-state index in [1.165, 1.54) is 5.82 Å². The van der Waals surface area contributed by atoms with Crippen molar-refractivity contribution in [3.63, 3.8) is 0 Å². The first-order valence-electron chi connectivity index (χ1n) is 7.75. The molecule has 0 saturated carbocycles. The largest absolute Gasteiger partial charge is 0.359 e. The molecule has 3 rings (SSSR count). The van der Waals surface area contributed by atoms with Crippen molar-refractivity contribution < 1.29 is 0 Å². The topological polar surface area (TPSA) is 18.5 Å². The summed E-state index contributed by atoms with van der Waals surface area (Å²) in [6, 6.07) is 20.4. The summed E-state index contributed by atoms with van der Waals surface area (Å²) in [5.41, 5.74) is 3.22. The third kappa shape index (κ3) is 3.37. The smallest absolute Gasteiger partial charge is 0.115 e. The Morgan fingerprint density at radius 1 is 0.870 bits per heavy atom. The average molecular weight is 323 g/mol. The van der Waals surface area contributed by atoms with E-state index in [1.807, 2.05) is 36.4 Å². The van der Waals surface area contributed by atoms with Crippen LogP contribution < -0.4 is 5.32 Å². The first-order valence-corrected chi connectivity index (χ1v) is 8.16. The minimum Gasteiger partial charge on any atom is -0.359 e. The maximum atomic E-state index is 5.76. The molecule has 0 unspecified atom stereocenters. The van der Waals surface area contributed by atoms with Crippen molar-refractivity contribution in [1.82, 2.24) is 9.80 Å². The fraction of sp³-hybridized carbons (Fsp3) is 0.211. The summed E-state index contributed by atoms with van der Waals surface area (Å²) in [4.78, 5) is 5.28. The summed E-state index contributed by atoms with van der Waals surface area (Å²) in [5.74, 6) is 1.17. The van der Waals surface area contributed by atoms with E-state index in [1.54, 1.807) is 0 Å². The number of hydrogen-bond donors (Lipinski definition) is 1. The molecule has 2 aromatic rings. The van der Waals surface area contributed by atoms with Gasteiger partial charge in [0.05, 0.1) is 5.57 Å². The Labute approximate surface area is 143 Å². The van der Waals surface area contributed by atoms with Gasteiger partial charge < -0.3 is 15.1 Å². The van der Waals surface area contributed by atoms with E-state index in [2.05, 4.69) is 53.5 Å². The van der Waals surface area contributed by atoms with Crippen molar-refractivity contribution in [2.24, 2.45) is 0 Å². The van der Waals surface area contributed by atoms with Crippen molar-refractivity contribution in [3.8, 4) is 0 Å². The standard InChI is InChI=1S/C19H21N3S/c1-21-13-14-22(2)19(21)17(15-9-5-3-6-10-15)18(23)20-16-11-7-4-8-12-16/h3-12H,13-14H2,1-2H3,(H,20,23). The zero-order valence-corrected chi connectivity index (χ0v) is 14.3. The van der Waals surface area contributed by atoms with Gasteiger partial charge in [-0.15, -0.1) is 0 Å². The number of rotatable bonds is 3. The second kappa shape index (κ2) is 6.84. The number of nitrogens with zero attached hydrogens (tertiary/aromatic N) is 2. The number of benzene rings is 2. The summed E-state index contributed by atoms with van der Waals surface area (Å²) < 4.78 is 0. The molecular weight excluding hydrogens is 302 g/mol. The van der Waals surface area contributed by atoms with Gasteiger partial charge in [-0.05, 0) is 17.7 Å². The number of anilines is 1. The van der Waals surface area contributed by atoms with Crippen LogP contribution in [-0.2, 0) is 0 Å². The van der Waals surface area contributed by atoms with Gasteiger partial charge in [0.1, 0.15) is 10.8 Å². The van der Waals surface area contributed by atoms with Gasteiger partial charge in [0.25, 0.3) is 0 Å². The first-order chi connectivity index (χ1) is 11.2. The van der Waals surface area contributed by atoms with Gasteiger partial charge in [0, 0.05) is 32.9 Å². The Morgan fingerprint density at radius 3 is 1.96 bits per heavy atom. The number of likely N-dealkylation sites (N-methyl/N-ethyl adjacent to an activating group) is 2. The zero-order valence-electron chi connectivity index (χ0n) is 13.5. The average Bonchev–Trinajstić information content (AvgIpc) is 2.89. The van der Waals surface area contributed by atoms with Crippen molar-refractivity contribution in [1.29, 1.82) is 0 Å². The maximum Gasteiger partial charge on any atom is 0.115 e. The highest BCUT2D eigenvalue weighted by Gasteiger charge is 2.25. The number of para-hydroxylation sites is 1.